The fourth-order valence-corrected chi connectivity index (χ4v) is 3.47. The van der Waals surface area contributed by atoms with E-state index < -0.39 is 8.07 Å². The maximum atomic E-state index is 3.78. The molecule has 0 aliphatic heterocycles. The van der Waals surface area contributed by atoms with E-state index in [2.05, 4.69) is 53.1 Å². The van der Waals surface area contributed by atoms with Gasteiger partial charge in [-0.1, -0.05) is 47.4 Å². The van der Waals surface area contributed by atoms with Gasteiger partial charge in [0, 0.05) is 0 Å². The van der Waals surface area contributed by atoms with Crippen molar-refractivity contribution in [1.29, 1.82) is 0 Å². The second-order valence-electron chi connectivity index (χ2n) is 4.88. The Hall–Kier alpha value is -0.263. The van der Waals surface area contributed by atoms with E-state index in [4.69, 9.17) is 0 Å². The molecule has 0 fully saturated rings. The monoisotopic (exact) mass is 182 g/mol. The summed E-state index contributed by atoms with van der Waals surface area (Å²) in [4.78, 5) is 0. The van der Waals surface area contributed by atoms with Gasteiger partial charge in [-0.25, -0.2) is 0 Å². The Balaban J connectivity index is 4.97. The normalized spacial score (nSPS) is 12.5. The van der Waals surface area contributed by atoms with Crippen molar-refractivity contribution in [3.63, 3.8) is 0 Å². The fraction of sp³-hybridized carbons (Fsp3) is 0.727. The van der Waals surface area contributed by atoms with Crippen molar-refractivity contribution in [1.82, 2.24) is 0 Å². The Labute approximate surface area is 78.4 Å². The minimum Gasteiger partial charge on any atom is -0.134 e. The number of hydrogen-bond acceptors (Lipinski definition) is 0. The van der Waals surface area contributed by atoms with Crippen LogP contribution < -0.4 is 0 Å². The van der Waals surface area contributed by atoms with Gasteiger partial charge in [0.05, 0.1) is 8.07 Å². The van der Waals surface area contributed by atoms with Crippen LogP contribution in [0.1, 0.15) is 34.1 Å². The molecular formula is C11H22Si. The zero-order chi connectivity index (χ0) is 9.99. The van der Waals surface area contributed by atoms with E-state index >= 15 is 0 Å². The Bertz CT molecular complexity index is 200. The van der Waals surface area contributed by atoms with Crippen LogP contribution in [0.5, 0.6) is 0 Å². The van der Waals surface area contributed by atoms with Crippen molar-refractivity contribution in [3.8, 4) is 0 Å². The summed E-state index contributed by atoms with van der Waals surface area (Å²) in [6.45, 7) is 17.8. The fourth-order valence-electron chi connectivity index (χ4n) is 1.24. The van der Waals surface area contributed by atoms with Crippen molar-refractivity contribution >= 4 is 8.07 Å². The standard InChI is InChI=1S/C11H22Si/c1-8-10(9-2)12(6,7)11(3,4)5/h1,9H2,2-7H3. The van der Waals surface area contributed by atoms with Gasteiger partial charge in [0.25, 0.3) is 0 Å². The molecule has 0 radical (unpaired) electrons. The Morgan fingerprint density at radius 3 is 1.83 bits per heavy atom. The number of allylic oxidation sites excluding steroid dienone is 1. The van der Waals surface area contributed by atoms with E-state index in [1.54, 1.807) is 0 Å². The van der Waals surface area contributed by atoms with Gasteiger partial charge in [0.1, 0.15) is 0 Å². The zero-order valence-corrected chi connectivity index (χ0v) is 10.4. The Morgan fingerprint density at radius 2 is 1.75 bits per heavy atom. The van der Waals surface area contributed by atoms with Crippen LogP contribution in [-0.2, 0) is 0 Å². The lowest BCUT2D eigenvalue weighted by Gasteiger charge is -2.37. The third kappa shape index (κ3) is 2.12. The Morgan fingerprint density at radius 1 is 1.33 bits per heavy atom. The molecular weight excluding hydrogens is 160 g/mol. The first-order valence-corrected chi connectivity index (χ1v) is 7.66. The summed E-state index contributed by atoms with van der Waals surface area (Å²) in [6, 6.07) is 0. The summed E-state index contributed by atoms with van der Waals surface area (Å²) in [5.41, 5.74) is 3.13. The van der Waals surface area contributed by atoms with Gasteiger partial charge < -0.3 is 0 Å². The van der Waals surface area contributed by atoms with Crippen molar-refractivity contribution in [2.75, 3.05) is 0 Å². The molecule has 0 saturated carbocycles. The van der Waals surface area contributed by atoms with Gasteiger partial charge in [-0.2, -0.15) is 0 Å². The van der Waals surface area contributed by atoms with Gasteiger partial charge in [0.2, 0.25) is 0 Å². The molecule has 0 spiro atoms. The quantitative estimate of drug-likeness (QED) is 0.444. The van der Waals surface area contributed by atoms with Crippen LogP contribution in [0.2, 0.25) is 18.1 Å². The van der Waals surface area contributed by atoms with Crippen LogP contribution in [0.3, 0.4) is 0 Å². The molecule has 0 rings (SSSR count). The molecule has 0 amide bonds. The van der Waals surface area contributed by atoms with Crippen LogP contribution in [0.25, 0.3) is 0 Å². The minimum absolute atomic E-state index is 0.420. The Kier molecular flexibility index (Phi) is 3.55. The lowest BCUT2D eigenvalue weighted by molar-refractivity contribution is 0.722. The summed E-state index contributed by atoms with van der Waals surface area (Å²) >= 11 is 0. The molecule has 0 nitrogen and oxygen atoms in total. The third-order valence-corrected chi connectivity index (χ3v) is 8.99. The summed E-state index contributed by atoms with van der Waals surface area (Å²) in [5.74, 6) is 0. The van der Waals surface area contributed by atoms with Crippen LogP contribution in [0.4, 0.5) is 0 Å². The van der Waals surface area contributed by atoms with Crippen LogP contribution in [-0.4, -0.2) is 8.07 Å². The lowest BCUT2D eigenvalue weighted by Crippen LogP contribution is -2.39. The predicted molar refractivity (Wildman–Crippen MR) is 60.1 cm³/mol. The van der Waals surface area contributed by atoms with E-state index in [1.165, 1.54) is 5.20 Å². The average Bonchev–Trinajstić information content (AvgIpc) is 1.87. The number of rotatable bonds is 2. The second kappa shape index (κ2) is 3.63. The molecule has 0 atom stereocenters. The molecule has 0 aliphatic carbocycles. The van der Waals surface area contributed by atoms with Gasteiger partial charge in [0.15, 0.2) is 0 Å². The number of hydrogen-bond donors (Lipinski definition) is 0. The molecule has 0 aromatic heterocycles. The molecule has 0 heterocycles. The molecule has 0 bridgehead atoms. The van der Waals surface area contributed by atoms with Gasteiger partial charge in [-0.3, -0.25) is 0 Å². The van der Waals surface area contributed by atoms with Crippen molar-refractivity contribution < 1.29 is 0 Å². The maximum absolute atomic E-state index is 3.78. The van der Waals surface area contributed by atoms with E-state index in [0.717, 1.165) is 6.42 Å². The van der Waals surface area contributed by atoms with Crippen molar-refractivity contribution in [3.05, 3.63) is 17.5 Å². The predicted octanol–water partition coefficient (Wildman–Crippen LogP) is 4.16. The first-order valence-electron chi connectivity index (χ1n) is 4.66. The van der Waals surface area contributed by atoms with E-state index in [-0.39, 0.29) is 0 Å². The van der Waals surface area contributed by atoms with Crippen LogP contribution in [0, 0.1) is 0 Å². The summed E-state index contributed by atoms with van der Waals surface area (Å²) in [6.07, 6.45) is 1.11. The van der Waals surface area contributed by atoms with Gasteiger partial charge >= 0.3 is 0 Å². The molecule has 0 saturated heterocycles. The summed E-state index contributed by atoms with van der Waals surface area (Å²) < 4.78 is 0. The van der Waals surface area contributed by atoms with Gasteiger partial charge in [-0.15, -0.1) is 5.73 Å². The minimum atomic E-state index is -1.29. The largest absolute Gasteiger partial charge is 0.134 e. The molecule has 0 unspecified atom stereocenters. The first kappa shape index (κ1) is 11.7. The van der Waals surface area contributed by atoms with Crippen molar-refractivity contribution in [2.45, 2.75) is 52.2 Å². The third-order valence-electron chi connectivity index (χ3n) is 3.20. The van der Waals surface area contributed by atoms with Crippen LogP contribution in [0.15, 0.2) is 17.5 Å². The zero-order valence-electron chi connectivity index (χ0n) is 9.41. The van der Waals surface area contributed by atoms with Gasteiger partial charge in [-0.05, 0) is 16.7 Å². The lowest BCUT2D eigenvalue weighted by atomic mass is 10.2. The second-order valence-corrected chi connectivity index (χ2v) is 10.2. The molecule has 0 aromatic rings. The SMILES string of the molecule is C=C=C(CC)[Si](C)(C)C(C)(C)C. The van der Waals surface area contributed by atoms with E-state index in [0.29, 0.717) is 5.04 Å². The highest BCUT2D eigenvalue weighted by Crippen LogP contribution is 2.40. The molecule has 0 N–H and O–H groups in total. The van der Waals surface area contributed by atoms with E-state index in [9.17, 15) is 0 Å². The maximum Gasteiger partial charge on any atom is 0.0906 e. The highest BCUT2D eigenvalue weighted by molar-refractivity contribution is 6.86. The summed E-state index contributed by atoms with van der Waals surface area (Å²) in [5, 5.41) is 1.89. The van der Waals surface area contributed by atoms with Crippen molar-refractivity contribution in [2.24, 2.45) is 0 Å². The summed E-state index contributed by atoms with van der Waals surface area (Å²) in [7, 11) is -1.29. The molecule has 70 valence electrons. The van der Waals surface area contributed by atoms with E-state index in [1.807, 2.05) is 0 Å². The molecule has 0 aromatic carbocycles. The highest BCUT2D eigenvalue weighted by Gasteiger charge is 2.37. The topological polar surface area (TPSA) is 0 Å². The average molecular weight is 182 g/mol. The first-order chi connectivity index (χ1) is 5.27. The molecule has 12 heavy (non-hydrogen) atoms. The van der Waals surface area contributed by atoms with Crippen LogP contribution >= 0.6 is 0 Å². The molecule has 0 aliphatic rings. The molecule has 1 heteroatoms. The highest BCUT2D eigenvalue weighted by atomic mass is 28.3. The smallest absolute Gasteiger partial charge is 0.0906 e.